The Morgan fingerprint density at radius 2 is 2.11 bits per heavy atom. The van der Waals surface area contributed by atoms with Gasteiger partial charge in [0.25, 0.3) is 0 Å². The zero-order valence-corrected chi connectivity index (χ0v) is 12.1. The molecule has 0 fully saturated rings. The van der Waals surface area contributed by atoms with Gasteiger partial charge in [-0.1, -0.05) is 35.4 Å². The first-order valence-corrected chi connectivity index (χ1v) is 6.35. The van der Waals surface area contributed by atoms with Gasteiger partial charge in [-0.3, -0.25) is 4.79 Å². The molecule has 0 unspecified atom stereocenters. The quantitative estimate of drug-likeness (QED) is 0.479. The maximum atomic E-state index is 13.5. The minimum Gasteiger partial charge on any atom is -0.463 e. The molecule has 0 aromatic heterocycles. The van der Waals surface area contributed by atoms with Gasteiger partial charge in [0, 0.05) is 10.6 Å². The van der Waals surface area contributed by atoms with E-state index in [1.54, 1.807) is 13.8 Å². The number of rotatable bonds is 4. The molecule has 0 saturated carbocycles. The molecular formula is C12H11Cl2FO2S. The smallest absolute Gasteiger partial charge is 0.310 e. The summed E-state index contributed by atoms with van der Waals surface area (Å²) < 4.78 is 18.3. The van der Waals surface area contributed by atoms with E-state index in [2.05, 4.69) is 0 Å². The van der Waals surface area contributed by atoms with Crippen LogP contribution in [0, 0.1) is 5.82 Å². The van der Waals surface area contributed by atoms with E-state index in [9.17, 15) is 9.18 Å². The van der Waals surface area contributed by atoms with Crippen molar-refractivity contribution in [3.8, 4) is 0 Å². The number of thiocarbonyl (C=S) groups is 1. The van der Waals surface area contributed by atoms with Crippen molar-refractivity contribution in [1.82, 2.24) is 0 Å². The van der Waals surface area contributed by atoms with E-state index in [4.69, 9.17) is 40.2 Å². The number of benzene rings is 1. The molecular weight excluding hydrogens is 298 g/mol. The molecule has 0 bridgehead atoms. The summed E-state index contributed by atoms with van der Waals surface area (Å²) in [6.07, 6.45) is -0.269. The highest BCUT2D eigenvalue weighted by molar-refractivity contribution is 7.83. The third-order valence-electron chi connectivity index (χ3n) is 2.05. The van der Waals surface area contributed by atoms with Gasteiger partial charge in [0.05, 0.1) is 12.5 Å². The first kappa shape index (κ1) is 15.3. The summed E-state index contributed by atoms with van der Waals surface area (Å²) in [5.41, 5.74) is 0.491. The van der Waals surface area contributed by atoms with Crippen LogP contribution in [-0.2, 0) is 16.0 Å². The van der Waals surface area contributed by atoms with E-state index in [1.165, 1.54) is 6.07 Å². The van der Waals surface area contributed by atoms with Crippen LogP contribution in [0.25, 0.3) is 0 Å². The predicted molar refractivity (Wildman–Crippen MR) is 73.9 cm³/mol. The second kappa shape index (κ2) is 6.45. The lowest BCUT2D eigenvalue weighted by Crippen LogP contribution is -2.14. The zero-order valence-electron chi connectivity index (χ0n) is 9.80. The predicted octanol–water partition coefficient (Wildman–Crippen LogP) is 3.89. The molecule has 6 heteroatoms. The normalized spacial score (nSPS) is 10.6. The van der Waals surface area contributed by atoms with E-state index in [-0.39, 0.29) is 27.4 Å². The SMILES string of the molecule is CC(C)OC(=O)Cc1cc(C(=S)Cl)c(F)cc1Cl. The average Bonchev–Trinajstić information content (AvgIpc) is 2.20. The van der Waals surface area contributed by atoms with Crippen molar-refractivity contribution < 1.29 is 13.9 Å². The number of hydrogen-bond acceptors (Lipinski definition) is 3. The van der Waals surface area contributed by atoms with Crippen LogP contribution in [0.3, 0.4) is 0 Å². The van der Waals surface area contributed by atoms with E-state index in [0.717, 1.165) is 6.07 Å². The van der Waals surface area contributed by atoms with Crippen LogP contribution in [0.5, 0.6) is 0 Å². The zero-order chi connectivity index (χ0) is 13.9. The lowest BCUT2D eigenvalue weighted by Gasteiger charge is -2.10. The molecule has 0 aliphatic carbocycles. The minimum atomic E-state index is -0.610. The van der Waals surface area contributed by atoms with Gasteiger partial charge in [-0.15, -0.1) is 0 Å². The Morgan fingerprint density at radius 1 is 1.50 bits per heavy atom. The number of halogens is 3. The standard InChI is InChI=1S/C12H11Cl2FO2S/c1-6(2)17-11(16)4-7-3-8(12(14)18)10(15)5-9(7)13/h3,5-6H,4H2,1-2H3. The second-order valence-electron chi connectivity index (χ2n) is 3.91. The van der Waals surface area contributed by atoms with Crippen molar-refractivity contribution >= 4 is 45.7 Å². The number of carbonyl (C=O) groups is 1. The van der Waals surface area contributed by atoms with Gasteiger partial charge >= 0.3 is 5.97 Å². The highest BCUT2D eigenvalue weighted by Crippen LogP contribution is 2.23. The van der Waals surface area contributed by atoms with Crippen molar-refractivity contribution in [2.75, 3.05) is 0 Å². The summed E-state index contributed by atoms with van der Waals surface area (Å²) in [7, 11) is 0. The first-order valence-electron chi connectivity index (χ1n) is 5.18. The van der Waals surface area contributed by atoms with Gasteiger partial charge in [-0.25, -0.2) is 4.39 Å². The summed E-state index contributed by atoms with van der Waals surface area (Å²) in [4.78, 5) is 11.5. The highest BCUT2D eigenvalue weighted by atomic mass is 35.5. The molecule has 0 aliphatic rings. The fourth-order valence-electron chi connectivity index (χ4n) is 1.34. The molecule has 0 heterocycles. The Morgan fingerprint density at radius 3 is 2.61 bits per heavy atom. The Kier molecular flexibility index (Phi) is 5.50. The third kappa shape index (κ3) is 4.19. The third-order valence-corrected chi connectivity index (χ3v) is 2.83. The molecule has 0 amide bonds. The molecule has 2 nitrogen and oxygen atoms in total. The Balaban J connectivity index is 2.99. The Labute approximate surface area is 120 Å². The molecule has 0 saturated heterocycles. The van der Waals surface area contributed by atoms with Crippen LogP contribution >= 0.6 is 35.4 Å². The molecule has 98 valence electrons. The van der Waals surface area contributed by atoms with Crippen molar-refractivity contribution in [3.05, 3.63) is 34.1 Å². The van der Waals surface area contributed by atoms with Gasteiger partial charge < -0.3 is 4.74 Å². The molecule has 0 spiro atoms. The van der Waals surface area contributed by atoms with E-state index < -0.39 is 11.8 Å². The van der Waals surface area contributed by atoms with Crippen molar-refractivity contribution in [3.63, 3.8) is 0 Å². The average molecular weight is 309 g/mol. The summed E-state index contributed by atoms with van der Waals surface area (Å²) in [5.74, 6) is -1.05. The lowest BCUT2D eigenvalue weighted by atomic mass is 10.1. The monoisotopic (exact) mass is 308 g/mol. The fourth-order valence-corrected chi connectivity index (χ4v) is 1.86. The maximum Gasteiger partial charge on any atom is 0.310 e. The molecule has 1 aromatic rings. The van der Waals surface area contributed by atoms with Gasteiger partial charge in [0.2, 0.25) is 0 Å². The van der Waals surface area contributed by atoms with Gasteiger partial charge in [-0.05, 0) is 31.5 Å². The van der Waals surface area contributed by atoms with Crippen LogP contribution in [0.4, 0.5) is 4.39 Å². The van der Waals surface area contributed by atoms with Crippen molar-refractivity contribution in [1.29, 1.82) is 0 Å². The van der Waals surface area contributed by atoms with Crippen LogP contribution in [0.2, 0.25) is 5.02 Å². The largest absolute Gasteiger partial charge is 0.463 e. The van der Waals surface area contributed by atoms with Crippen LogP contribution in [-0.4, -0.2) is 16.4 Å². The Hall–Kier alpha value is -0.710. The molecule has 0 atom stereocenters. The Bertz CT molecular complexity index is 489. The molecule has 1 aromatic carbocycles. The molecule has 1 rings (SSSR count). The van der Waals surface area contributed by atoms with Crippen molar-refractivity contribution in [2.45, 2.75) is 26.4 Å². The minimum absolute atomic E-state index is 0.0518. The van der Waals surface area contributed by atoms with Crippen molar-refractivity contribution in [2.24, 2.45) is 0 Å². The second-order valence-corrected chi connectivity index (χ2v) is 5.33. The molecule has 18 heavy (non-hydrogen) atoms. The van der Waals surface area contributed by atoms with Gasteiger partial charge in [0.15, 0.2) is 0 Å². The summed E-state index contributed by atoms with van der Waals surface area (Å²) in [5, 5.41) is 0.143. The summed E-state index contributed by atoms with van der Waals surface area (Å²) >= 11 is 16.1. The fraction of sp³-hybridized carbons (Fsp3) is 0.333. The first-order chi connectivity index (χ1) is 8.31. The van der Waals surface area contributed by atoms with E-state index >= 15 is 0 Å². The van der Waals surface area contributed by atoms with E-state index in [0.29, 0.717) is 5.56 Å². The highest BCUT2D eigenvalue weighted by Gasteiger charge is 2.15. The molecule has 0 radical (unpaired) electrons. The van der Waals surface area contributed by atoms with Crippen LogP contribution < -0.4 is 0 Å². The van der Waals surface area contributed by atoms with E-state index in [1.807, 2.05) is 0 Å². The number of hydrogen-bond donors (Lipinski definition) is 0. The van der Waals surface area contributed by atoms with Gasteiger partial charge in [0.1, 0.15) is 10.1 Å². The maximum absolute atomic E-state index is 13.5. The topological polar surface area (TPSA) is 26.3 Å². The van der Waals surface area contributed by atoms with Crippen LogP contribution in [0.15, 0.2) is 12.1 Å². The molecule has 0 N–H and O–H groups in total. The summed E-state index contributed by atoms with van der Waals surface area (Å²) in [6.45, 7) is 3.48. The lowest BCUT2D eigenvalue weighted by molar-refractivity contribution is -0.146. The number of ether oxygens (including phenoxy) is 1. The number of esters is 1. The summed E-state index contributed by atoms with van der Waals surface area (Å²) in [6, 6.07) is 2.46. The molecule has 0 aliphatic heterocycles. The van der Waals surface area contributed by atoms with Gasteiger partial charge in [-0.2, -0.15) is 0 Å². The van der Waals surface area contributed by atoms with Crippen LogP contribution in [0.1, 0.15) is 25.0 Å². The number of carbonyl (C=O) groups excluding carboxylic acids is 1.